The quantitative estimate of drug-likeness (QED) is 0.372. The lowest BCUT2D eigenvalue weighted by atomic mass is 10.0. The van der Waals surface area contributed by atoms with E-state index >= 15 is 0 Å². The fraction of sp³-hybridized carbons (Fsp3) is 0.375. The second-order valence-electron chi connectivity index (χ2n) is 8.24. The highest BCUT2D eigenvalue weighted by atomic mass is 19.3. The van der Waals surface area contributed by atoms with Gasteiger partial charge in [0.05, 0.1) is 12.6 Å². The minimum Gasteiger partial charge on any atom is -0.480 e. The van der Waals surface area contributed by atoms with Gasteiger partial charge in [0.2, 0.25) is 0 Å². The number of ether oxygens (including phenoxy) is 2. The van der Waals surface area contributed by atoms with Crippen molar-refractivity contribution in [2.75, 3.05) is 13.1 Å². The summed E-state index contributed by atoms with van der Waals surface area (Å²) in [5.74, 6) is -0.280. The third kappa shape index (κ3) is 6.50. The zero-order chi connectivity index (χ0) is 24.8. The first-order chi connectivity index (χ1) is 16.1. The average molecular weight is 475 g/mol. The number of carboxylic acid groups (broad SMARTS) is 1. The molecule has 0 aliphatic carbocycles. The van der Waals surface area contributed by atoms with E-state index in [9.17, 15) is 23.5 Å². The number of alkyl halides is 2. The zero-order valence-electron chi connectivity index (χ0n) is 18.8. The monoisotopic (exact) mass is 475 g/mol. The molecule has 3 rings (SSSR count). The Hall–Kier alpha value is -3.53. The Labute approximate surface area is 196 Å². The van der Waals surface area contributed by atoms with Crippen LogP contribution in [-0.2, 0) is 9.53 Å². The maximum Gasteiger partial charge on any atom is 0.345 e. The fourth-order valence-electron chi connectivity index (χ4n) is 3.67. The summed E-state index contributed by atoms with van der Waals surface area (Å²) in [5.41, 5.74) is 1.52. The van der Waals surface area contributed by atoms with Gasteiger partial charge in [0, 0.05) is 18.5 Å². The van der Waals surface area contributed by atoms with Crippen LogP contribution in [0.3, 0.4) is 0 Å². The highest BCUT2D eigenvalue weighted by molar-refractivity contribution is 5.97. The molecule has 1 amide bonds. The molecule has 34 heavy (non-hydrogen) atoms. The van der Waals surface area contributed by atoms with Gasteiger partial charge in [0.15, 0.2) is 0 Å². The first-order valence-electron chi connectivity index (χ1n) is 10.8. The second-order valence-corrected chi connectivity index (χ2v) is 8.24. The van der Waals surface area contributed by atoms with Crippen LogP contribution in [0.4, 0.5) is 8.78 Å². The molecule has 1 aliphatic heterocycles. The molecule has 2 aromatic carbocycles. The van der Waals surface area contributed by atoms with Crippen LogP contribution in [0.2, 0.25) is 0 Å². The SMILES string of the molecule is CC(C)c1ccc(Oc2ccc(C(=O)NCC(=N)N3C[C@H](OC(F)F)C[C@H]3C(=O)O)cc2)cc1. The van der Waals surface area contributed by atoms with Crippen LogP contribution in [0.5, 0.6) is 11.5 Å². The van der Waals surface area contributed by atoms with E-state index in [1.165, 1.54) is 5.56 Å². The Morgan fingerprint density at radius 3 is 2.24 bits per heavy atom. The lowest BCUT2D eigenvalue weighted by Gasteiger charge is -2.24. The minimum atomic E-state index is -3.03. The third-order valence-electron chi connectivity index (χ3n) is 5.51. The van der Waals surface area contributed by atoms with Crippen LogP contribution in [-0.4, -0.2) is 59.6 Å². The number of likely N-dealkylation sites (tertiary alicyclic amines) is 1. The molecule has 182 valence electrons. The van der Waals surface area contributed by atoms with Crippen LogP contribution in [0.15, 0.2) is 48.5 Å². The number of benzene rings is 2. The highest BCUT2D eigenvalue weighted by Crippen LogP contribution is 2.25. The number of halogens is 2. The molecular weight excluding hydrogens is 448 g/mol. The van der Waals surface area contributed by atoms with Gasteiger partial charge in [-0.25, -0.2) is 4.79 Å². The number of nitrogens with one attached hydrogen (secondary N) is 2. The van der Waals surface area contributed by atoms with Gasteiger partial charge in [-0.15, -0.1) is 0 Å². The second kappa shape index (κ2) is 11.1. The number of nitrogens with zero attached hydrogens (tertiary/aromatic N) is 1. The summed E-state index contributed by atoms with van der Waals surface area (Å²) in [7, 11) is 0. The van der Waals surface area contributed by atoms with Crippen molar-refractivity contribution in [3.05, 3.63) is 59.7 Å². The molecule has 1 heterocycles. The maximum absolute atomic E-state index is 12.5. The molecule has 1 fully saturated rings. The molecular formula is C24H27F2N3O5. The van der Waals surface area contributed by atoms with Crippen molar-refractivity contribution in [3.8, 4) is 11.5 Å². The van der Waals surface area contributed by atoms with E-state index in [4.69, 9.17) is 10.1 Å². The van der Waals surface area contributed by atoms with E-state index in [-0.39, 0.29) is 25.3 Å². The van der Waals surface area contributed by atoms with Gasteiger partial charge in [0.25, 0.3) is 5.91 Å². The number of carbonyl (C=O) groups excluding carboxylic acids is 1. The molecule has 0 bridgehead atoms. The highest BCUT2D eigenvalue weighted by Gasteiger charge is 2.39. The average Bonchev–Trinajstić information content (AvgIpc) is 3.21. The Kier molecular flexibility index (Phi) is 8.17. The van der Waals surface area contributed by atoms with Crippen LogP contribution in [0.1, 0.15) is 42.1 Å². The Morgan fingerprint density at radius 1 is 1.12 bits per heavy atom. The van der Waals surface area contributed by atoms with Crippen molar-refractivity contribution in [2.24, 2.45) is 0 Å². The van der Waals surface area contributed by atoms with Crippen LogP contribution in [0, 0.1) is 5.41 Å². The number of aliphatic carboxylic acids is 1. The Balaban J connectivity index is 1.54. The van der Waals surface area contributed by atoms with Crippen LogP contribution in [0.25, 0.3) is 0 Å². The minimum absolute atomic E-state index is 0.166. The fourth-order valence-corrected chi connectivity index (χ4v) is 3.67. The molecule has 2 aromatic rings. The molecule has 1 saturated heterocycles. The van der Waals surface area contributed by atoms with Crippen molar-refractivity contribution < 1.29 is 33.0 Å². The molecule has 0 aromatic heterocycles. The summed E-state index contributed by atoms with van der Waals surface area (Å²) in [6, 6.07) is 13.0. The van der Waals surface area contributed by atoms with Crippen LogP contribution < -0.4 is 10.1 Å². The molecule has 0 saturated carbocycles. The van der Waals surface area contributed by atoms with Crippen molar-refractivity contribution in [1.82, 2.24) is 10.2 Å². The van der Waals surface area contributed by atoms with Crippen molar-refractivity contribution in [3.63, 3.8) is 0 Å². The Bertz CT molecular complexity index is 1010. The van der Waals surface area contributed by atoms with Crippen LogP contribution >= 0.6 is 0 Å². The van der Waals surface area contributed by atoms with Gasteiger partial charge in [-0.1, -0.05) is 26.0 Å². The summed E-state index contributed by atoms with van der Waals surface area (Å²) in [6.45, 7) is 0.759. The first-order valence-corrected chi connectivity index (χ1v) is 10.8. The normalized spacial score (nSPS) is 17.8. The summed E-state index contributed by atoms with van der Waals surface area (Å²) < 4.78 is 35.1. The zero-order valence-corrected chi connectivity index (χ0v) is 18.8. The van der Waals surface area contributed by atoms with Gasteiger partial charge in [-0.3, -0.25) is 10.2 Å². The topological polar surface area (TPSA) is 112 Å². The standard InChI is InChI=1S/C24H27F2N3O5/c1-14(2)15-3-7-17(8-4-15)33-18-9-5-16(6-10-18)22(30)28-12-21(27)29-13-19(34-24(25)26)11-20(29)23(31)32/h3-10,14,19-20,24,27H,11-13H2,1-2H3,(H,28,30)(H,31,32)/t19-,20+/m1/s1. The largest absolute Gasteiger partial charge is 0.480 e. The number of rotatable bonds is 9. The number of amides is 1. The maximum atomic E-state index is 12.5. The molecule has 2 atom stereocenters. The first kappa shape index (κ1) is 25.1. The predicted molar refractivity (Wildman–Crippen MR) is 121 cm³/mol. The van der Waals surface area contributed by atoms with Crippen molar-refractivity contribution >= 4 is 17.7 Å². The van der Waals surface area contributed by atoms with Gasteiger partial charge in [-0.2, -0.15) is 8.78 Å². The molecule has 3 N–H and O–H groups in total. The van der Waals surface area contributed by atoms with E-state index in [1.54, 1.807) is 24.3 Å². The Morgan fingerprint density at radius 2 is 1.71 bits per heavy atom. The lowest BCUT2D eigenvalue weighted by molar-refractivity contribution is -0.159. The van der Waals surface area contributed by atoms with E-state index in [1.807, 2.05) is 24.3 Å². The van der Waals surface area contributed by atoms with E-state index in [2.05, 4.69) is 23.9 Å². The summed E-state index contributed by atoms with van der Waals surface area (Å²) in [5, 5.41) is 20.0. The molecule has 0 unspecified atom stereocenters. The van der Waals surface area contributed by atoms with Gasteiger partial charge < -0.3 is 24.8 Å². The molecule has 0 spiro atoms. The number of carboxylic acids is 1. The van der Waals surface area contributed by atoms with Gasteiger partial charge in [0.1, 0.15) is 23.4 Å². The van der Waals surface area contributed by atoms with E-state index in [0.29, 0.717) is 23.0 Å². The van der Waals surface area contributed by atoms with E-state index < -0.39 is 30.6 Å². The summed E-state index contributed by atoms with van der Waals surface area (Å²) in [6.07, 6.45) is -1.18. The molecule has 0 radical (unpaired) electrons. The van der Waals surface area contributed by atoms with Crippen molar-refractivity contribution in [2.45, 2.75) is 44.9 Å². The van der Waals surface area contributed by atoms with E-state index in [0.717, 1.165) is 4.90 Å². The lowest BCUT2D eigenvalue weighted by Crippen LogP contribution is -2.45. The summed E-state index contributed by atoms with van der Waals surface area (Å²) >= 11 is 0. The molecule has 10 heteroatoms. The number of hydrogen-bond donors (Lipinski definition) is 3. The van der Waals surface area contributed by atoms with Crippen molar-refractivity contribution in [1.29, 1.82) is 5.41 Å². The summed E-state index contributed by atoms with van der Waals surface area (Å²) in [4.78, 5) is 25.0. The smallest absolute Gasteiger partial charge is 0.345 e. The van der Waals surface area contributed by atoms with Gasteiger partial charge >= 0.3 is 12.6 Å². The predicted octanol–water partition coefficient (Wildman–Crippen LogP) is 4.08. The van der Waals surface area contributed by atoms with Gasteiger partial charge in [-0.05, 0) is 47.9 Å². The molecule has 8 nitrogen and oxygen atoms in total. The molecule has 1 aliphatic rings. The number of hydrogen-bond acceptors (Lipinski definition) is 5. The number of carbonyl (C=O) groups is 2. The number of amidine groups is 1. The third-order valence-corrected chi connectivity index (χ3v) is 5.51.